The fourth-order valence-corrected chi connectivity index (χ4v) is 1.71. The lowest BCUT2D eigenvalue weighted by Crippen LogP contribution is -2.20. The molecule has 0 bridgehead atoms. The molecule has 15 heavy (non-hydrogen) atoms. The van der Waals surface area contributed by atoms with Gasteiger partial charge in [0.25, 0.3) is 0 Å². The van der Waals surface area contributed by atoms with Crippen molar-refractivity contribution in [3.05, 3.63) is 35.4 Å². The van der Waals surface area contributed by atoms with Crippen molar-refractivity contribution in [3.8, 4) is 0 Å². The van der Waals surface area contributed by atoms with Gasteiger partial charge >= 0.3 is 0 Å². The lowest BCUT2D eigenvalue weighted by Gasteiger charge is -2.20. The highest BCUT2D eigenvalue weighted by molar-refractivity contribution is 5.22. The molecule has 2 unspecified atom stereocenters. The third-order valence-electron chi connectivity index (χ3n) is 2.68. The van der Waals surface area contributed by atoms with Gasteiger partial charge in [-0.15, -0.1) is 0 Å². The lowest BCUT2D eigenvalue weighted by atomic mass is 9.91. The maximum atomic E-state index is 13.4. The Kier molecular flexibility index (Phi) is 4.21. The van der Waals surface area contributed by atoms with E-state index in [1.54, 1.807) is 0 Å². The maximum Gasteiger partial charge on any atom is 0.130 e. The predicted octanol–water partition coefficient (Wildman–Crippen LogP) is 3.40. The second-order valence-corrected chi connectivity index (χ2v) is 3.96. The number of hydrogen-bond acceptors (Lipinski definition) is 1. The first-order valence-electron chi connectivity index (χ1n) is 5.26. The topological polar surface area (TPSA) is 26.0 Å². The first-order valence-corrected chi connectivity index (χ1v) is 5.26. The van der Waals surface area contributed by atoms with E-state index in [1.165, 1.54) is 12.1 Å². The van der Waals surface area contributed by atoms with Crippen LogP contribution in [0, 0.1) is 17.6 Å². The number of rotatable bonds is 4. The van der Waals surface area contributed by atoms with E-state index in [0.29, 0.717) is 5.56 Å². The van der Waals surface area contributed by atoms with Crippen LogP contribution >= 0.6 is 0 Å². The average Bonchev–Trinajstić information content (AvgIpc) is 2.17. The lowest BCUT2D eigenvalue weighted by molar-refractivity contribution is 0.418. The molecule has 0 radical (unpaired) electrons. The Hall–Kier alpha value is -0.960. The summed E-state index contributed by atoms with van der Waals surface area (Å²) in [4.78, 5) is 0. The summed E-state index contributed by atoms with van der Waals surface area (Å²) >= 11 is 0. The highest BCUT2D eigenvalue weighted by atomic mass is 19.1. The Labute approximate surface area is 89.3 Å². The Morgan fingerprint density at radius 1 is 1.33 bits per heavy atom. The molecule has 2 N–H and O–H groups in total. The van der Waals surface area contributed by atoms with Gasteiger partial charge in [0.1, 0.15) is 11.6 Å². The van der Waals surface area contributed by atoms with Gasteiger partial charge in [-0.3, -0.25) is 0 Å². The van der Waals surface area contributed by atoms with Crippen LogP contribution in [0.5, 0.6) is 0 Å². The van der Waals surface area contributed by atoms with Crippen molar-refractivity contribution in [2.45, 2.75) is 32.7 Å². The van der Waals surface area contributed by atoms with Gasteiger partial charge in [-0.05, 0) is 18.4 Å². The van der Waals surface area contributed by atoms with Crippen LogP contribution in [-0.4, -0.2) is 0 Å². The van der Waals surface area contributed by atoms with E-state index in [2.05, 4.69) is 6.92 Å². The summed E-state index contributed by atoms with van der Waals surface area (Å²) in [6.45, 7) is 4.04. The minimum atomic E-state index is -0.563. The molecule has 3 heteroatoms. The molecule has 2 atom stereocenters. The van der Waals surface area contributed by atoms with Crippen molar-refractivity contribution in [3.63, 3.8) is 0 Å². The normalized spacial score (nSPS) is 15.0. The summed E-state index contributed by atoms with van der Waals surface area (Å²) in [5.41, 5.74) is 6.31. The largest absolute Gasteiger partial charge is 0.324 e. The SMILES string of the molecule is CCCC(C)C(N)c1ccc(F)cc1F. The van der Waals surface area contributed by atoms with Crippen LogP contribution in [0.1, 0.15) is 38.3 Å². The fraction of sp³-hybridized carbons (Fsp3) is 0.500. The van der Waals surface area contributed by atoms with E-state index in [0.717, 1.165) is 18.9 Å². The third kappa shape index (κ3) is 2.99. The highest BCUT2D eigenvalue weighted by Gasteiger charge is 2.17. The Morgan fingerprint density at radius 2 is 2.00 bits per heavy atom. The predicted molar refractivity (Wildman–Crippen MR) is 57.4 cm³/mol. The molecule has 0 aromatic heterocycles. The fourth-order valence-electron chi connectivity index (χ4n) is 1.71. The van der Waals surface area contributed by atoms with Gasteiger partial charge in [-0.2, -0.15) is 0 Å². The quantitative estimate of drug-likeness (QED) is 0.815. The molecule has 0 aliphatic rings. The van der Waals surface area contributed by atoms with Gasteiger partial charge in [-0.25, -0.2) is 8.78 Å². The Bertz CT molecular complexity index is 325. The molecule has 0 aliphatic carbocycles. The van der Waals surface area contributed by atoms with Gasteiger partial charge in [0, 0.05) is 17.7 Å². The van der Waals surface area contributed by atoms with Crippen LogP contribution in [0.25, 0.3) is 0 Å². The zero-order valence-electron chi connectivity index (χ0n) is 9.13. The summed E-state index contributed by atoms with van der Waals surface area (Å²) in [5.74, 6) is -0.910. The van der Waals surface area contributed by atoms with E-state index in [4.69, 9.17) is 5.73 Å². The van der Waals surface area contributed by atoms with Crippen LogP contribution in [-0.2, 0) is 0 Å². The van der Waals surface area contributed by atoms with Crippen molar-refractivity contribution in [2.24, 2.45) is 11.7 Å². The van der Waals surface area contributed by atoms with Gasteiger partial charge < -0.3 is 5.73 Å². The van der Waals surface area contributed by atoms with Gasteiger partial charge in [0.15, 0.2) is 0 Å². The molecule has 0 heterocycles. The maximum absolute atomic E-state index is 13.4. The summed E-state index contributed by atoms with van der Waals surface area (Å²) in [6.07, 6.45) is 1.95. The minimum Gasteiger partial charge on any atom is -0.324 e. The van der Waals surface area contributed by atoms with Gasteiger partial charge in [0.05, 0.1) is 0 Å². The molecule has 0 spiro atoms. The highest BCUT2D eigenvalue weighted by Crippen LogP contribution is 2.25. The first kappa shape index (κ1) is 12.1. The van der Waals surface area contributed by atoms with Crippen LogP contribution in [0.4, 0.5) is 8.78 Å². The van der Waals surface area contributed by atoms with Crippen molar-refractivity contribution in [1.82, 2.24) is 0 Å². The van der Waals surface area contributed by atoms with E-state index >= 15 is 0 Å². The van der Waals surface area contributed by atoms with Gasteiger partial charge in [-0.1, -0.05) is 26.3 Å². The third-order valence-corrected chi connectivity index (χ3v) is 2.68. The number of nitrogens with two attached hydrogens (primary N) is 1. The van der Waals surface area contributed by atoms with Crippen LogP contribution < -0.4 is 5.73 Å². The second-order valence-electron chi connectivity index (χ2n) is 3.96. The molecule has 1 nitrogen and oxygen atoms in total. The standard InChI is InChI=1S/C12H17F2N/c1-3-4-8(2)12(15)10-6-5-9(13)7-11(10)14/h5-8,12H,3-4,15H2,1-2H3. The second kappa shape index (κ2) is 5.21. The van der Waals surface area contributed by atoms with Crippen molar-refractivity contribution in [2.75, 3.05) is 0 Å². The van der Waals surface area contributed by atoms with Crippen LogP contribution in [0.2, 0.25) is 0 Å². The molecular formula is C12H17F2N. The summed E-state index contributed by atoms with van der Waals surface area (Å²) in [5, 5.41) is 0. The minimum absolute atomic E-state index is 0.204. The smallest absolute Gasteiger partial charge is 0.130 e. The Balaban J connectivity index is 2.86. The molecular weight excluding hydrogens is 196 g/mol. The molecule has 0 amide bonds. The van der Waals surface area contributed by atoms with E-state index in [-0.39, 0.29) is 12.0 Å². The van der Waals surface area contributed by atoms with Crippen molar-refractivity contribution in [1.29, 1.82) is 0 Å². The number of halogens is 2. The van der Waals surface area contributed by atoms with Crippen molar-refractivity contribution < 1.29 is 8.78 Å². The van der Waals surface area contributed by atoms with Crippen LogP contribution in [0.15, 0.2) is 18.2 Å². The zero-order chi connectivity index (χ0) is 11.4. The molecule has 0 saturated heterocycles. The molecule has 0 fully saturated rings. The van der Waals surface area contributed by atoms with E-state index < -0.39 is 11.6 Å². The van der Waals surface area contributed by atoms with Crippen molar-refractivity contribution >= 4 is 0 Å². The number of benzene rings is 1. The average molecular weight is 213 g/mol. The zero-order valence-corrected chi connectivity index (χ0v) is 9.13. The summed E-state index contributed by atoms with van der Waals surface area (Å²) < 4.78 is 26.1. The Morgan fingerprint density at radius 3 is 2.53 bits per heavy atom. The van der Waals surface area contributed by atoms with E-state index in [9.17, 15) is 8.78 Å². The molecule has 0 saturated carbocycles. The van der Waals surface area contributed by atoms with E-state index in [1.807, 2.05) is 6.92 Å². The van der Waals surface area contributed by atoms with Gasteiger partial charge in [0.2, 0.25) is 0 Å². The summed E-state index contributed by atoms with van der Waals surface area (Å²) in [6, 6.07) is 3.21. The first-order chi connectivity index (χ1) is 7.06. The molecule has 84 valence electrons. The van der Waals surface area contributed by atoms with Crippen LogP contribution in [0.3, 0.4) is 0 Å². The monoisotopic (exact) mass is 213 g/mol. The molecule has 1 aromatic rings. The number of hydrogen-bond donors (Lipinski definition) is 1. The molecule has 1 aromatic carbocycles. The molecule has 0 aliphatic heterocycles. The molecule has 1 rings (SSSR count). The summed E-state index contributed by atoms with van der Waals surface area (Å²) in [7, 11) is 0.